The zero-order valence-corrected chi connectivity index (χ0v) is 13.1. The average molecular weight is 268 g/mol. The van der Waals surface area contributed by atoms with E-state index in [0.29, 0.717) is 6.42 Å². The second-order valence-corrected chi connectivity index (χ2v) is 5.46. The molecule has 0 aliphatic heterocycles. The highest BCUT2D eigenvalue weighted by molar-refractivity contribution is 5.69. The first-order valence-corrected chi connectivity index (χ1v) is 8.01. The van der Waals surface area contributed by atoms with Crippen molar-refractivity contribution >= 4 is 5.97 Å². The maximum absolute atomic E-state index is 11.3. The zero-order valence-electron chi connectivity index (χ0n) is 13.1. The fourth-order valence-corrected chi connectivity index (χ4v) is 1.94. The Morgan fingerprint density at radius 1 is 0.947 bits per heavy atom. The molecule has 0 aliphatic rings. The van der Waals surface area contributed by atoms with Crippen LogP contribution in [0.3, 0.4) is 0 Å². The van der Waals surface area contributed by atoms with E-state index >= 15 is 0 Å². The van der Waals surface area contributed by atoms with Crippen LogP contribution in [0.4, 0.5) is 0 Å². The summed E-state index contributed by atoms with van der Waals surface area (Å²) in [4.78, 5) is 11.3. The summed E-state index contributed by atoms with van der Waals surface area (Å²) in [6.07, 6.45) is 16.2. The molecule has 0 unspecified atom stereocenters. The van der Waals surface area contributed by atoms with E-state index in [0.717, 1.165) is 12.8 Å². The van der Waals surface area contributed by atoms with Gasteiger partial charge in [-0.1, -0.05) is 51.2 Å². The molecule has 0 rings (SSSR count). The Labute approximate surface area is 119 Å². The summed E-state index contributed by atoms with van der Waals surface area (Å²) in [7, 11) is 0. The third-order valence-electron chi connectivity index (χ3n) is 3.01. The molecule has 0 fully saturated rings. The van der Waals surface area contributed by atoms with Gasteiger partial charge in [0.15, 0.2) is 0 Å². The fourth-order valence-electron chi connectivity index (χ4n) is 1.94. The number of esters is 1. The third-order valence-corrected chi connectivity index (χ3v) is 3.01. The van der Waals surface area contributed by atoms with Gasteiger partial charge in [0.05, 0.1) is 6.10 Å². The van der Waals surface area contributed by atoms with E-state index in [1.54, 1.807) is 0 Å². The molecule has 19 heavy (non-hydrogen) atoms. The average Bonchev–Trinajstić information content (AvgIpc) is 2.35. The summed E-state index contributed by atoms with van der Waals surface area (Å²) < 4.78 is 5.09. The van der Waals surface area contributed by atoms with E-state index in [1.165, 1.54) is 44.9 Å². The Morgan fingerprint density at radius 2 is 1.53 bits per heavy atom. The first-order valence-electron chi connectivity index (χ1n) is 8.01. The van der Waals surface area contributed by atoms with E-state index in [-0.39, 0.29) is 12.1 Å². The fraction of sp³-hybridized carbons (Fsp3) is 0.824. The number of carbonyl (C=O) groups is 1. The lowest BCUT2D eigenvalue weighted by Crippen LogP contribution is -2.10. The van der Waals surface area contributed by atoms with Crippen molar-refractivity contribution in [1.82, 2.24) is 0 Å². The lowest BCUT2D eigenvalue weighted by molar-refractivity contribution is -0.147. The molecule has 0 spiro atoms. The van der Waals surface area contributed by atoms with Crippen LogP contribution in [0.5, 0.6) is 0 Å². The minimum Gasteiger partial charge on any atom is -0.463 e. The highest BCUT2D eigenvalue weighted by atomic mass is 16.5. The molecule has 2 nitrogen and oxygen atoms in total. The molecule has 0 N–H and O–H groups in total. The van der Waals surface area contributed by atoms with Gasteiger partial charge in [-0.2, -0.15) is 0 Å². The maximum atomic E-state index is 11.3. The van der Waals surface area contributed by atoms with Gasteiger partial charge in [0.1, 0.15) is 0 Å². The second kappa shape index (κ2) is 13.6. The first kappa shape index (κ1) is 18.2. The van der Waals surface area contributed by atoms with Crippen LogP contribution in [-0.2, 0) is 9.53 Å². The van der Waals surface area contributed by atoms with Crippen molar-refractivity contribution in [2.45, 2.75) is 91.1 Å². The molecule has 112 valence electrons. The van der Waals surface area contributed by atoms with Crippen LogP contribution in [0.1, 0.15) is 85.0 Å². The number of carbonyl (C=O) groups excluding carboxylic acids is 1. The molecule has 0 bridgehead atoms. The molecule has 0 aromatic heterocycles. The topological polar surface area (TPSA) is 26.3 Å². The molecular weight excluding hydrogens is 236 g/mol. The predicted octanol–water partition coefficient (Wildman–Crippen LogP) is 5.42. The molecular formula is C17H32O2. The molecule has 0 saturated heterocycles. The Morgan fingerprint density at radius 3 is 2.16 bits per heavy atom. The van der Waals surface area contributed by atoms with Crippen LogP contribution in [-0.4, -0.2) is 12.1 Å². The molecule has 0 heterocycles. The van der Waals surface area contributed by atoms with Crippen molar-refractivity contribution < 1.29 is 9.53 Å². The van der Waals surface area contributed by atoms with E-state index in [4.69, 9.17) is 4.74 Å². The number of unbranched alkanes of at least 4 members (excludes halogenated alkanes) is 7. The van der Waals surface area contributed by atoms with Crippen LogP contribution < -0.4 is 0 Å². The number of rotatable bonds is 12. The molecule has 0 saturated carbocycles. The van der Waals surface area contributed by atoms with Gasteiger partial charge in [-0.3, -0.25) is 4.79 Å². The summed E-state index contributed by atoms with van der Waals surface area (Å²) in [5, 5.41) is 0. The number of hydrogen-bond acceptors (Lipinski definition) is 2. The standard InChI is InChI=1S/C17H32O2/c1-4-5-6-7-8-9-10-11-12-13-14-15-17(18)19-16(2)3/h7-8,16H,4-6,9-15H2,1-3H3/b8-7+. The molecule has 0 aliphatic carbocycles. The monoisotopic (exact) mass is 268 g/mol. The van der Waals surface area contributed by atoms with Crippen molar-refractivity contribution in [2.24, 2.45) is 0 Å². The maximum Gasteiger partial charge on any atom is 0.306 e. The highest BCUT2D eigenvalue weighted by Gasteiger charge is 2.04. The van der Waals surface area contributed by atoms with Gasteiger partial charge in [0.25, 0.3) is 0 Å². The van der Waals surface area contributed by atoms with Crippen LogP contribution in [0.2, 0.25) is 0 Å². The van der Waals surface area contributed by atoms with Crippen molar-refractivity contribution in [1.29, 1.82) is 0 Å². The highest BCUT2D eigenvalue weighted by Crippen LogP contribution is 2.09. The summed E-state index contributed by atoms with van der Waals surface area (Å²) in [6.45, 7) is 6.02. The van der Waals surface area contributed by atoms with E-state index < -0.39 is 0 Å². The third kappa shape index (κ3) is 15.2. The Bertz CT molecular complexity index is 231. The number of allylic oxidation sites excluding steroid dienone is 2. The largest absolute Gasteiger partial charge is 0.463 e. The first-order chi connectivity index (χ1) is 9.16. The second-order valence-electron chi connectivity index (χ2n) is 5.46. The van der Waals surface area contributed by atoms with E-state index in [2.05, 4.69) is 19.1 Å². The van der Waals surface area contributed by atoms with Crippen LogP contribution in [0.25, 0.3) is 0 Å². The van der Waals surface area contributed by atoms with Gasteiger partial charge in [-0.25, -0.2) is 0 Å². The van der Waals surface area contributed by atoms with Gasteiger partial charge in [0.2, 0.25) is 0 Å². The minimum atomic E-state index is -0.0474. The predicted molar refractivity (Wildman–Crippen MR) is 82.2 cm³/mol. The summed E-state index contributed by atoms with van der Waals surface area (Å²) in [5.74, 6) is -0.0474. The molecule has 0 aromatic carbocycles. The smallest absolute Gasteiger partial charge is 0.306 e. The SMILES string of the molecule is CCCC/C=C/CCCCCCCC(=O)OC(C)C. The number of hydrogen-bond donors (Lipinski definition) is 0. The summed E-state index contributed by atoms with van der Waals surface area (Å²) >= 11 is 0. The lowest BCUT2D eigenvalue weighted by atomic mass is 10.1. The Hall–Kier alpha value is -0.790. The van der Waals surface area contributed by atoms with Crippen molar-refractivity contribution in [3.05, 3.63) is 12.2 Å². The quantitative estimate of drug-likeness (QED) is 0.268. The summed E-state index contributed by atoms with van der Waals surface area (Å²) in [5.41, 5.74) is 0. The van der Waals surface area contributed by atoms with Crippen molar-refractivity contribution in [3.8, 4) is 0 Å². The zero-order chi connectivity index (χ0) is 14.3. The van der Waals surface area contributed by atoms with Crippen LogP contribution in [0, 0.1) is 0 Å². The Balaban J connectivity index is 3.18. The van der Waals surface area contributed by atoms with E-state index in [9.17, 15) is 4.79 Å². The van der Waals surface area contributed by atoms with Gasteiger partial charge >= 0.3 is 5.97 Å². The van der Waals surface area contributed by atoms with E-state index in [1.807, 2.05) is 13.8 Å². The molecule has 2 heteroatoms. The van der Waals surface area contributed by atoms with Gasteiger partial charge < -0.3 is 4.74 Å². The van der Waals surface area contributed by atoms with Gasteiger partial charge in [0, 0.05) is 6.42 Å². The molecule has 0 aromatic rings. The molecule has 0 amide bonds. The molecule has 0 atom stereocenters. The minimum absolute atomic E-state index is 0.0204. The normalized spacial score (nSPS) is 11.4. The lowest BCUT2D eigenvalue weighted by Gasteiger charge is -2.07. The van der Waals surface area contributed by atoms with Crippen LogP contribution in [0.15, 0.2) is 12.2 Å². The molecule has 0 radical (unpaired) electrons. The van der Waals surface area contributed by atoms with Crippen LogP contribution >= 0.6 is 0 Å². The summed E-state index contributed by atoms with van der Waals surface area (Å²) in [6, 6.07) is 0. The van der Waals surface area contributed by atoms with Gasteiger partial charge in [-0.15, -0.1) is 0 Å². The Kier molecular flexibility index (Phi) is 13.1. The van der Waals surface area contributed by atoms with Crippen molar-refractivity contribution in [2.75, 3.05) is 0 Å². The number of ether oxygens (including phenoxy) is 1. The van der Waals surface area contributed by atoms with Gasteiger partial charge in [-0.05, 0) is 39.5 Å². The van der Waals surface area contributed by atoms with Crippen molar-refractivity contribution in [3.63, 3.8) is 0 Å².